The highest BCUT2D eigenvalue weighted by molar-refractivity contribution is 5.16. The largest absolute Gasteiger partial charge is 0.321 e. The van der Waals surface area contributed by atoms with E-state index in [1.165, 1.54) is 0 Å². The molecule has 0 aliphatic carbocycles. The molecule has 0 saturated heterocycles. The van der Waals surface area contributed by atoms with E-state index in [4.69, 9.17) is 5.73 Å². The van der Waals surface area contributed by atoms with Gasteiger partial charge >= 0.3 is 0 Å². The number of hydrogen-bond donors (Lipinski definition) is 1. The van der Waals surface area contributed by atoms with E-state index >= 15 is 0 Å². The standard InChI is InChI=1S/C14H25N3/c1-7-10-8-11(9(2)3)17-13(16-10)12(15)14(4,5)6/h8-9,12H,7,15H2,1-6H3. The third-order valence-electron chi connectivity index (χ3n) is 2.98. The van der Waals surface area contributed by atoms with E-state index in [1.54, 1.807) is 0 Å². The third-order valence-corrected chi connectivity index (χ3v) is 2.98. The molecule has 3 nitrogen and oxygen atoms in total. The van der Waals surface area contributed by atoms with Gasteiger partial charge in [0.05, 0.1) is 6.04 Å². The highest BCUT2D eigenvalue weighted by Crippen LogP contribution is 2.29. The fraction of sp³-hybridized carbons (Fsp3) is 0.714. The quantitative estimate of drug-likeness (QED) is 0.875. The van der Waals surface area contributed by atoms with Crippen LogP contribution >= 0.6 is 0 Å². The maximum atomic E-state index is 6.24. The Hall–Kier alpha value is -0.960. The molecule has 1 rings (SSSR count). The third kappa shape index (κ3) is 3.50. The molecule has 0 fully saturated rings. The van der Waals surface area contributed by atoms with Crippen LogP contribution in [0.3, 0.4) is 0 Å². The number of aromatic nitrogens is 2. The lowest BCUT2D eigenvalue weighted by Crippen LogP contribution is -2.29. The molecule has 0 aromatic carbocycles. The second-order valence-corrected chi connectivity index (χ2v) is 5.99. The summed E-state index contributed by atoms with van der Waals surface area (Å²) in [7, 11) is 0. The van der Waals surface area contributed by atoms with Crippen LogP contribution in [0.4, 0.5) is 0 Å². The van der Waals surface area contributed by atoms with Crippen LogP contribution in [0.25, 0.3) is 0 Å². The molecule has 1 unspecified atom stereocenters. The Bertz CT molecular complexity index is 378. The lowest BCUT2D eigenvalue weighted by atomic mass is 9.87. The highest BCUT2D eigenvalue weighted by atomic mass is 14.9. The second-order valence-electron chi connectivity index (χ2n) is 5.99. The summed E-state index contributed by atoms with van der Waals surface area (Å²) < 4.78 is 0. The van der Waals surface area contributed by atoms with Crippen LogP contribution in [0.1, 0.15) is 70.7 Å². The maximum absolute atomic E-state index is 6.24. The molecule has 0 amide bonds. The molecule has 17 heavy (non-hydrogen) atoms. The molecule has 0 spiro atoms. The van der Waals surface area contributed by atoms with Crippen molar-refractivity contribution in [3.8, 4) is 0 Å². The van der Waals surface area contributed by atoms with E-state index in [1.807, 2.05) is 0 Å². The van der Waals surface area contributed by atoms with Crippen molar-refractivity contribution in [1.29, 1.82) is 0 Å². The molecule has 0 radical (unpaired) electrons. The summed E-state index contributed by atoms with van der Waals surface area (Å²) in [5, 5.41) is 0. The van der Waals surface area contributed by atoms with Gasteiger partial charge in [0.1, 0.15) is 5.82 Å². The number of nitrogens with zero attached hydrogens (tertiary/aromatic N) is 2. The van der Waals surface area contributed by atoms with Crippen molar-refractivity contribution < 1.29 is 0 Å². The van der Waals surface area contributed by atoms with Crippen LogP contribution in [0.5, 0.6) is 0 Å². The van der Waals surface area contributed by atoms with Crippen molar-refractivity contribution in [3.05, 3.63) is 23.3 Å². The summed E-state index contributed by atoms with van der Waals surface area (Å²) in [6.45, 7) is 12.8. The first kappa shape index (κ1) is 14.1. The van der Waals surface area contributed by atoms with Gasteiger partial charge in [0.15, 0.2) is 0 Å². The lowest BCUT2D eigenvalue weighted by molar-refractivity contribution is 0.314. The molecular formula is C14H25N3. The van der Waals surface area contributed by atoms with Crippen molar-refractivity contribution in [2.24, 2.45) is 11.1 Å². The van der Waals surface area contributed by atoms with Gasteiger partial charge in [-0.05, 0) is 23.8 Å². The van der Waals surface area contributed by atoms with Crippen LogP contribution in [0.15, 0.2) is 6.07 Å². The van der Waals surface area contributed by atoms with E-state index < -0.39 is 0 Å². The molecule has 1 aromatic heterocycles. The molecule has 0 bridgehead atoms. The average molecular weight is 235 g/mol. The van der Waals surface area contributed by atoms with Crippen LogP contribution in [-0.2, 0) is 6.42 Å². The first-order valence-electron chi connectivity index (χ1n) is 6.39. The first-order chi connectivity index (χ1) is 7.75. The topological polar surface area (TPSA) is 51.8 Å². The molecule has 1 aromatic rings. The molecular weight excluding hydrogens is 210 g/mol. The van der Waals surface area contributed by atoms with Crippen molar-refractivity contribution in [1.82, 2.24) is 9.97 Å². The Morgan fingerprint density at radius 1 is 1.24 bits per heavy atom. The molecule has 96 valence electrons. The summed E-state index contributed by atoms with van der Waals surface area (Å²) in [6.07, 6.45) is 0.923. The monoisotopic (exact) mass is 235 g/mol. The number of aryl methyl sites for hydroxylation is 1. The van der Waals surface area contributed by atoms with E-state index in [0.717, 1.165) is 23.6 Å². The molecule has 0 aliphatic rings. The van der Waals surface area contributed by atoms with Gasteiger partial charge in [0, 0.05) is 11.4 Å². The van der Waals surface area contributed by atoms with Crippen LogP contribution < -0.4 is 5.73 Å². The smallest absolute Gasteiger partial charge is 0.146 e. The zero-order valence-corrected chi connectivity index (χ0v) is 11.9. The average Bonchev–Trinajstić information content (AvgIpc) is 2.26. The summed E-state index contributed by atoms with van der Waals surface area (Å²) >= 11 is 0. The number of rotatable bonds is 3. The van der Waals surface area contributed by atoms with Crippen LogP contribution in [0.2, 0.25) is 0 Å². The molecule has 0 aliphatic heterocycles. The number of nitrogens with two attached hydrogens (primary N) is 1. The number of hydrogen-bond acceptors (Lipinski definition) is 3. The first-order valence-corrected chi connectivity index (χ1v) is 6.39. The summed E-state index contributed by atoms with van der Waals surface area (Å²) in [4.78, 5) is 9.18. The van der Waals surface area contributed by atoms with E-state index in [0.29, 0.717) is 5.92 Å². The van der Waals surface area contributed by atoms with E-state index in [9.17, 15) is 0 Å². The van der Waals surface area contributed by atoms with Crippen molar-refractivity contribution >= 4 is 0 Å². The zero-order valence-electron chi connectivity index (χ0n) is 11.9. The van der Waals surface area contributed by atoms with Gasteiger partial charge < -0.3 is 5.73 Å². The fourth-order valence-corrected chi connectivity index (χ4v) is 1.54. The van der Waals surface area contributed by atoms with Crippen molar-refractivity contribution in [3.63, 3.8) is 0 Å². The van der Waals surface area contributed by atoms with Crippen molar-refractivity contribution in [2.75, 3.05) is 0 Å². The Balaban J connectivity index is 3.20. The highest BCUT2D eigenvalue weighted by Gasteiger charge is 2.25. The minimum atomic E-state index is -0.119. The predicted octanol–water partition coefficient (Wildman–Crippen LogP) is 3.21. The summed E-state index contributed by atoms with van der Waals surface area (Å²) in [5.41, 5.74) is 8.40. The Kier molecular flexibility index (Phi) is 4.26. The Morgan fingerprint density at radius 3 is 2.24 bits per heavy atom. The molecule has 3 heteroatoms. The maximum Gasteiger partial charge on any atom is 0.146 e. The molecule has 0 saturated carbocycles. The van der Waals surface area contributed by atoms with Gasteiger partial charge in [-0.3, -0.25) is 0 Å². The normalized spacial score (nSPS) is 14.1. The molecule has 1 heterocycles. The van der Waals surface area contributed by atoms with Gasteiger partial charge in [0.2, 0.25) is 0 Å². The van der Waals surface area contributed by atoms with E-state index in [2.05, 4.69) is 57.6 Å². The Morgan fingerprint density at radius 2 is 1.82 bits per heavy atom. The summed E-state index contributed by atoms with van der Waals surface area (Å²) in [6, 6.07) is 1.97. The van der Waals surface area contributed by atoms with Gasteiger partial charge in [-0.15, -0.1) is 0 Å². The summed E-state index contributed by atoms with van der Waals surface area (Å²) in [5.74, 6) is 1.19. The predicted molar refractivity (Wildman–Crippen MR) is 71.9 cm³/mol. The van der Waals surface area contributed by atoms with Crippen molar-refractivity contribution in [2.45, 2.75) is 59.9 Å². The van der Waals surface area contributed by atoms with Crippen LogP contribution in [-0.4, -0.2) is 9.97 Å². The zero-order chi connectivity index (χ0) is 13.2. The lowest BCUT2D eigenvalue weighted by Gasteiger charge is -2.26. The fourth-order valence-electron chi connectivity index (χ4n) is 1.54. The Labute approximate surface area is 105 Å². The van der Waals surface area contributed by atoms with Gasteiger partial charge in [-0.25, -0.2) is 9.97 Å². The van der Waals surface area contributed by atoms with Crippen LogP contribution in [0, 0.1) is 5.41 Å². The minimum absolute atomic E-state index is 0.0133. The molecule has 1 atom stereocenters. The van der Waals surface area contributed by atoms with Gasteiger partial charge in [-0.2, -0.15) is 0 Å². The van der Waals surface area contributed by atoms with E-state index in [-0.39, 0.29) is 11.5 Å². The SMILES string of the molecule is CCc1cc(C(C)C)nc(C(N)C(C)(C)C)n1. The minimum Gasteiger partial charge on any atom is -0.321 e. The molecule has 2 N–H and O–H groups in total. The van der Waals surface area contributed by atoms with Gasteiger partial charge in [-0.1, -0.05) is 41.5 Å². The second kappa shape index (κ2) is 5.13. The van der Waals surface area contributed by atoms with Gasteiger partial charge in [0.25, 0.3) is 0 Å².